The van der Waals surface area contributed by atoms with Gasteiger partial charge in [0.25, 0.3) is 0 Å². The second-order valence-electron chi connectivity index (χ2n) is 11.9. The zero-order valence-electron chi connectivity index (χ0n) is 25.1. The molecule has 1 amide bonds. The molecule has 0 saturated carbocycles. The van der Waals surface area contributed by atoms with Crippen LogP contribution in [0.2, 0.25) is 0 Å². The Balaban J connectivity index is 1.91. The monoisotopic (exact) mass is 667 g/mol. The van der Waals surface area contributed by atoms with Crippen LogP contribution in [0.4, 0.5) is 10.5 Å². The van der Waals surface area contributed by atoms with Crippen molar-refractivity contribution in [3.63, 3.8) is 0 Å². The SMILES string of the molecule is COc1ccc(N(C(=O)OC(C)(C)C)[C@H](C2=CCCCC2)[Sn]([c]2ccccc2)([c]2ccccc2)[c]2ccccc2)cc1. The van der Waals surface area contributed by atoms with E-state index in [1.165, 1.54) is 16.3 Å². The fraction of sp³-hybridized carbons (Fsp3) is 0.270. The number of hydrogen-bond acceptors (Lipinski definition) is 3. The molecular weight excluding hydrogens is 625 g/mol. The van der Waals surface area contributed by atoms with Gasteiger partial charge in [0, 0.05) is 0 Å². The van der Waals surface area contributed by atoms with E-state index in [-0.39, 0.29) is 10.2 Å². The number of rotatable bonds is 8. The van der Waals surface area contributed by atoms with E-state index in [4.69, 9.17) is 9.47 Å². The van der Waals surface area contributed by atoms with Crippen molar-refractivity contribution in [2.24, 2.45) is 0 Å². The van der Waals surface area contributed by atoms with Gasteiger partial charge in [-0.3, -0.25) is 0 Å². The quantitative estimate of drug-likeness (QED) is 0.150. The van der Waals surface area contributed by atoms with Crippen molar-refractivity contribution in [2.75, 3.05) is 12.0 Å². The van der Waals surface area contributed by atoms with Crippen molar-refractivity contribution in [1.82, 2.24) is 0 Å². The zero-order valence-corrected chi connectivity index (χ0v) is 28.0. The molecule has 0 heterocycles. The van der Waals surface area contributed by atoms with E-state index in [0.717, 1.165) is 37.1 Å². The maximum atomic E-state index is 14.6. The molecule has 1 aliphatic rings. The van der Waals surface area contributed by atoms with Gasteiger partial charge in [0.15, 0.2) is 0 Å². The Hall–Kier alpha value is -3.51. The average molecular weight is 666 g/mol. The molecule has 0 fully saturated rings. The first kappa shape index (κ1) is 30.0. The van der Waals surface area contributed by atoms with Gasteiger partial charge in [0.1, 0.15) is 0 Å². The van der Waals surface area contributed by atoms with Crippen molar-refractivity contribution in [1.29, 1.82) is 0 Å². The summed E-state index contributed by atoms with van der Waals surface area (Å²) in [6, 6.07) is 40.7. The standard InChI is InChI=1S/C19H26NO3.3C6H5.Sn/c1-19(2,3)23-18(21)20(14-15-8-6-5-7-9-15)16-10-12-17(22-4)13-11-16;3*1-2-4-6-5-3-1;/h8,10-14H,5-7,9H2,1-4H3;3*1-5H;. The van der Waals surface area contributed by atoms with E-state index in [2.05, 4.69) is 97.1 Å². The molecule has 1 atom stereocenters. The van der Waals surface area contributed by atoms with Crippen LogP contribution in [0.3, 0.4) is 0 Å². The van der Waals surface area contributed by atoms with E-state index in [0.29, 0.717) is 0 Å². The van der Waals surface area contributed by atoms with Gasteiger partial charge in [0.2, 0.25) is 0 Å². The number of carbonyl (C=O) groups excluding carboxylic acids is 1. The number of amides is 1. The number of methoxy groups -OCH3 is 1. The van der Waals surface area contributed by atoms with Crippen molar-refractivity contribution < 1.29 is 14.3 Å². The zero-order chi connectivity index (χ0) is 29.6. The molecule has 5 heteroatoms. The molecule has 216 valence electrons. The van der Waals surface area contributed by atoms with Crippen LogP contribution in [0.25, 0.3) is 0 Å². The molecule has 0 unspecified atom stereocenters. The summed E-state index contributed by atoms with van der Waals surface area (Å²) in [6.45, 7) is 5.82. The molecule has 0 spiro atoms. The van der Waals surface area contributed by atoms with Crippen LogP contribution in [-0.2, 0) is 4.74 Å². The Bertz CT molecular complexity index is 1380. The summed E-state index contributed by atoms with van der Waals surface area (Å²) >= 11 is -4.19. The minimum atomic E-state index is -4.19. The van der Waals surface area contributed by atoms with Gasteiger partial charge in [-0.2, -0.15) is 0 Å². The Morgan fingerprint density at radius 1 is 0.738 bits per heavy atom. The number of anilines is 1. The summed E-state index contributed by atoms with van der Waals surface area (Å²) < 4.78 is 15.5. The summed E-state index contributed by atoms with van der Waals surface area (Å²) in [5.41, 5.74) is 1.48. The van der Waals surface area contributed by atoms with Gasteiger partial charge in [0.05, 0.1) is 0 Å². The molecule has 42 heavy (non-hydrogen) atoms. The third-order valence-electron chi connectivity index (χ3n) is 7.97. The molecule has 0 radical (unpaired) electrons. The fourth-order valence-corrected chi connectivity index (χ4v) is 22.1. The van der Waals surface area contributed by atoms with Gasteiger partial charge < -0.3 is 0 Å². The van der Waals surface area contributed by atoms with Crippen LogP contribution >= 0.6 is 0 Å². The molecule has 5 rings (SSSR count). The van der Waals surface area contributed by atoms with Crippen LogP contribution < -0.4 is 20.4 Å². The molecule has 0 N–H and O–H groups in total. The first-order chi connectivity index (χ1) is 20.3. The van der Waals surface area contributed by atoms with Crippen LogP contribution in [0.15, 0.2) is 127 Å². The van der Waals surface area contributed by atoms with Gasteiger partial charge in [-0.25, -0.2) is 0 Å². The number of ether oxygens (including phenoxy) is 2. The van der Waals surface area contributed by atoms with Gasteiger partial charge >= 0.3 is 256 Å². The van der Waals surface area contributed by atoms with Gasteiger partial charge in [-0.05, 0) is 0 Å². The van der Waals surface area contributed by atoms with Gasteiger partial charge in [-0.1, -0.05) is 0 Å². The third kappa shape index (κ3) is 6.29. The maximum absolute atomic E-state index is 14.6. The summed E-state index contributed by atoms with van der Waals surface area (Å²) in [5, 5.41) is 0. The van der Waals surface area contributed by atoms with Crippen molar-refractivity contribution in [3.8, 4) is 5.75 Å². The van der Waals surface area contributed by atoms with Crippen LogP contribution in [0.1, 0.15) is 46.5 Å². The number of nitrogens with zero attached hydrogens (tertiary/aromatic N) is 1. The number of allylic oxidation sites excluding steroid dienone is 1. The molecule has 0 aliphatic heterocycles. The van der Waals surface area contributed by atoms with Crippen LogP contribution in [-0.4, -0.2) is 41.2 Å². The molecule has 4 nitrogen and oxygen atoms in total. The van der Waals surface area contributed by atoms with E-state index in [9.17, 15) is 4.79 Å². The second kappa shape index (κ2) is 13.2. The molecule has 4 aromatic rings. The normalized spacial score (nSPS) is 14.4. The predicted molar refractivity (Wildman–Crippen MR) is 176 cm³/mol. The second-order valence-corrected chi connectivity index (χ2v) is 23.0. The molecular formula is C37H41NO3Sn. The molecule has 0 aromatic heterocycles. The fourth-order valence-electron chi connectivity index (χ4n) is 6.24. The molecule has 0 bridgehead atoms. The van der Waals surface area contributed by atoms with Crippen LogP contribution in [0.5, 0.6) is 5.75 Å². The van der Waals surface area contributed by atoms with Crippen molar-refractivity contribution in [2.45, 2.75) is 56.1 Å². The van der Waals surface area contributed by atoms with E-state index >= 15 is 0 Å². The van der Waals surface area contributed by atoms with Crippen molar-refractivity contribution >= 4 is 40.9 Å². The summed E-state index contributed by atoms with van der Waals surface area (Å²) in [4.78, 5) is 16.6. The van der Waals surface area contributed by atoms with Crippen molar-refractivity contribution in [3.05, 3.63) is 127 Å². The topological polar surface area (TPSA) is 38.8 Å². The average Bonchev–Trinajstić information content (AvgIpc) is 3.02. The Morgan fingerprint density at radius 3 is 1.64 bits per heavy atom. The Morgan fingerprint density at radius 2 is 1.24 bits per heavy atom. The predicted octanol–water partition coefficient (Wildman–Crippen LogP) is 7.02. The van der Waals surface area contributed by atoms with E-state index in [1.807, 2.05) is 49.9 Å². The number of benzene rings is 4. The number of carbonyl (C=O) groups is 1. The Kier molecular flexibility index (Phi) is 9.42. The summed E-state index contributed by atoms with van der Waals surface area (Å²) in [6.07, 6.45) is 6.31. The van der Waals surface area contributed by atoms with E-state index in [1.54, 1.807) is 7.11 Å². The summed E-state index contributed by atoms with van der Waals surface area (Å²) in [5.74, 6) is 0.750. The van der Waals surface area contributed by atoms with E-state index < -0.39 is 24.0 Å². The first-order valence-electron chi connectivity index (χ1n) is 14.9. The van der Waals surface area contributed by atoms with Crippen LogP contribution in [0, 0.1) is 0 Å². The number of hydrogen-bond donors (Lipinski definition) is 0. The third-order valence-corrected chi connectivity index (χ3v) is 22.8. The molecule has 0 saturated heterocycles. The Labute approximate surface area is 254 Å². The minimum absolute atomic E-state index is 0.199. The van der Waals surface area contributed by atoms with Gasteiger partial charge in [-0.15, -0.1) is 0 Å². The summed E-state index contributed by atoms with van der Waals surface area (Å²) in [7, 11) is 1.66. The molecule has 1 aliphatic carbocycles. The first-order valence-corrected chi connectivity index (χ1v) is 20.8. The molecule has 4 aromatic carbocycles.